The van der Waals surface area contributed by atoms with Gasteiger partial charge >= 0.3 is 6.18 Å². The first-order valence-corrected chi connectivity index (χ1v) is 12.9. The molecule has 3 aromatic rings. The second-order valence-electron chi connectivity index (χ2n) is 10.2. The summed E-state index contributed by atoms with van der Waals surface area (Å²) in [4.78, 5) is 14.7. The number of fused-ring (bicyclic) bond motifs is 3. The number of likely N-dealkylation sites (tertiary alicyclic amines) is 1. The van der Waals surface area contributed by atoms with Crippen molar-refractivity contribution in [2.45, 2.75) is 51.0 Å². The predicted molar refractivity (Wildman–Crippen MR) is 133 cm³/mol. The molecule has 0 spiro atoms. The number of aryl methyl sites for hydroxylation is 1. The van der Waals surface area contributed by atoms with E-state index >= 15 is 0 Å². The fourth-order valence-electron chi connectivity index (χ4n) is 5.72. The van der Waals surface area contributed by atoms with E-state index < -0.39 is 12.7 Å². The van der Waals surface area contributed by atoms with E-state index in [-0.39, 0.29) is 12.0 Å². The van der Waals surface area contributed by atoms with Gasteiger partial charge in [-0.05, 0) is 49.6 Å². The Kier molecular flexibility index (Phi) is 6.32. The highest BCUT2D eigenvalue weighted by molar-refractivity contribution is 6.30. The predicted octanol–water partition coefficient (Wildman–Crippen LogP) is 3.97. The Morgan fingerprint density at radius 2 is 1.84 bits per heavy atom. The lowest BCUT2D eigenvalue weighted by molar-refractivity contribution is -0.161. The molecule has 2 fully saturated rings. The third kappa shape index (κ3) is 5.04. The minimum atomic E-state index is -4.18. The van der Waals surface area contributed by atoms with Gasteiger partial charge < -0.3 is 4.90 Å². The molecule has 12 heteroatoms. The summed E-state index contributed by atoms with van der Waals surface area (Å²) < 4.78 is 40.6. The lowest BCUT2D eigenvalue weighted by Crippen LogP contribution is -2.60. The molecule has 37 heavy (non-hydrogen) atoms. The van der Waals surface area contributed by atoms with E-state index in [1.165, 1.54) is 4.90 Å². The molecular formula is C25H28ClF3N8. The van der Waals surface area contributed by atoms with Crippen molar-refractivity contribution < 1.29 is 13.2 Å². The molecule has 6 rings (SSSR count). The number of aromatic nitrogens is 5. The maximum atomic E-state index is 12.8. The van der Waals surface area contributed by atoms with Gasteiger partial charge in [-0.25, -0.2) is 9.97 Å². The van der Waals surface area contributed by atoms with Crippen molar-refractivity contribution in [2.24, 2.45) is 0 Å². The van der Waals surface area contributed by atoms with Crippen LogP contribution >= 0.6 is 11.6 Å². The van der Waals surface area contributed by atoms with Crippen LogP contribution in [-0.2, 0) is 13.1 Å². The van der Waals surface area contributed by atoms with Crippen molar-refractivity contribution >= 4 is 17.4 Å². The fourth-order valence-corrected chi connectivity index (χ4v) is 5.91. The summed E-state index contributed by atoms with van der Waals surface area (Å²) in [6.07, 6.45) is -0.549. The third-order valence-corrected chi connectivity index (χ3v) is 7.79. The van der Waals surface area contributed by atoms with Gasteiger partial charge in [-0.2, -0.15) is 13.2 Å². The van der Waals surface area contributed by atoms with Crippen molar-refractivity contribution in [3.63, 3.8) is 0 Å². The Morgan fingerprint density at radius 1 is 1.05 bits per heavy atom. The molecular weight excluding hydrogens is 505 g/mol. The highest BCUT2D eigenvalue weighted by Crippen LogP contribution is 2.35. The van der Waals surface area contributed by atoms with E-state index in [4.69, 9.17) is 11.6 Å². The van der Waals surface area contributed by atoms with E-state index in [9.17, 15) is 13.2 Å². The van der Waals surface area contributed by atoms with Gasteiger partial charge in [0.25, 0.3) is 0 Å². The van der Waals surface area contributed by atoms with Crippen LogP contribution in [0.4, 0.5) is 19.0 Å². The highest BCUT2D eigenvalue weighted by Gasteiger charge is 2.40. The first-order chi connectivity index (χ1) is 17.7. The smallest absolute Gasteiger partial charge is 0.356 e. The first kappa shape index (κ1) is 24.6. The Bertz CT molecular complexity index is 1280. The number of rotatable bonds is 4. The van der Waals surface area contributed by atoms with Gasteiger partial charge in [0, 0.05) is 55.9 Å². The van der Waals surface area contributed by atoms with Gasteiger partial charge in [-0.3, -0.25) is 14.4 Å². The molecule has 0 radical (unpaired) electrons. The average Bonchev–Trinajstić information content (AvgIpc) is 3.16. The first-order valence-electron chi connectivity index (χ1n) is 12.5. The molecule has 1 aromatic carbocycles. The zero-order chi connectivity index (χ0) is 25.7. The number of nitrogens with zero attached hydrogens (tertiary/aromatic N) is 8. The van der Waals surface area contributed by atoms with Gasteiger partial charge in [0.05, 0.1) is 18.8 Å². The van der Waals surface area contributed by atoms with Gasteiger partial charge in [0.15, 0.2) is 5.82 Å². The monoisotopic (exact) mass is 532 g/mol. The molecule has 0 aliphatic carbocycles. The lowest BCUT2D eigenvalue weighted by Gasteiger charge is -2.45. The third-order valence-electron chi connectivity index (χ3n) is 7.56. The van der Waals surface area contributed by atoms with E-state index in [0.29, 0.717) is 31.2 Å². The summed E-state index contributed by atoms with van der Waals surface area (Å²) in [6, 6.07) is 7.81. The lowest BCUT2D eigenvalue weighted by atomic mass is 9.95. The zero-order valence-corrected chi connectivity index (χ0v) is 21.3. The average molecular weight is 533 g/mol. The largest absolute Gasteiger partial charge is 0.401 e. The molecule has 0 atom stereocenters. The Morgan fingerprint density at radius 3 is 2.57 bits per heavy atom. The number of alkyl halides is 3. The molecule has 0 unspecified atom stereocenters. The summed E-state index contributed by atoms with van der Waals surface area (Å²) in [7, 11) is 0. The molecule has 3 aliphatic heterocycles. The van der Waals surface area contributed by atoms with Crippen LogP contribution in [0.15, 0.2) is 30.5 Å². The summed E-state index contributed by atoms with van der Waals surface area (Å²) in [5, 5.41) is 9.87. The maximum absolute atomic E-state index is 12.8. The van der Waals surface area contributed by atoms with Crippen LogP contribution in [0.2, 0.25) is 5.02 Å². The Labute approximate surface area is 218 Å². The van der Waals surface area contributed by atoms with E-state index in [1.54, 1.807) is 6.20 Å². The zero-order valence-electron chi connectivity index (χ0n) is 20.5. The Hall–Kier alpha value is -2.76. The summed E-state index contributed by atoms with van der Waals surface area (Å²) in [5.74, 6) is 3.70. The van der Waals surface area contributed by atoms with E-state index in [2.05, 4.69) is 34.5 Å². The van der Waals surface area contributed by atoms with Crippen LogP contribution in [0, 0.1) is 6.92 Å². The van der Waals surface area contributed by atoms with Gasteiger partial charge in [0.1, 0.15) is 17.5 Å². The molecule has 8 nitrogen and oxygen atoms in total. The number of halogens is 4. The summed E-state index contributed by atoms with van der Waals surface area (Å²) in [5.41, 5.74) is 2.04. The molecule has 0 saturated carbocycles. The van der Waals surface area contributed by atoms with Crippen LogP contribution in [0.3, 0.4) is 0 Å². The number of anilines is 1. The van der Waals surface area contributed by atoms with Gasteiger partial charge in [-0.15, -0.1) is 10.2 Å². The molecule has 3 aliphatic rings. The van der Waals surface area contributed by atoms with Crippen molar-refractivity contribution in [3.05, 3.63) is 58.5 Å². The van der Waals surface area contributed by atoms with Crippen LogP contribution < -0.4 is 4.90 Å². The van der Waals surface area contributed by atoms with Crippen LogP contribution in [0.25, 0.3) is 5.69 Å². The number of hydrogen-bond acceptors (Lipinski definition) is 7. The SMILES string of the molecule is Cc1nccc(N2CCC(c3nnc4n3-c3ccc(Cl)cc3CN(C3CN(CC(F)(F)F)C3)C4)CC2)n1. The molecule has 196 valence electrons. The van der Waals surface area contributed by atoms with Crippen LogP contribution in [0.1, 0.15) is 41.8 Å². The van der Waals surface area contributed by atoms with Gasteiger partial charge in [-0.1, -0.05) is 11.6 Å². The normalized spacial score (nSPS) is 19.9. The van der Waals surface area contributed by atoms with Gasteiger partial charge in [0.2, 0.25) is 0 Å². The summed E-state index contributed by atoms with van der Waals surface area (Å²) in [6.45, 7) is 4.66. The van der Waals surface area contributed by atoms with Crippen LogP contribution in [0.5, 0.6) is 0 Å². The van der Waals surface area contributed by atoms with Crippen molar-refractivity contribution in [1.29, 1.82) is 0 Å². The Balaban J connectivity index is 1.23. The molecule has 2 aromatic heterocycles. The molecule has 2 saturated heterocycles. The molecule has 0 bridgehead atoms. The summed E-state index contributed by atoms with van der Waals surface area (Å²) >= 11 is 6.37. The highest BCUT2D eigenvalue weighted by atomic mass is 35.5. The van der Waals surface area contributed by atoms with Crippen LogP contribution in [-0.4, -0.2) is 79.5 Å². The second-order valence-corrected chi connectivity index (χ2v) is 10.6. The van der Waals surface area contributed by atoms with Crippen molar-refractivity contribution in [2.75, 3.05) is 37.6 Å². The quantitative estimate of drug-likeness (QED) is 0.504. The molecule has 5 heterocycles. The molecule has 0 amide bonds. The molecule has 0 N–H and O–H groups in total. The minimum Gasteiger partial charge on any atom is -0.356 e. The standard InChI is InChI=1S/C25H28ClF3N8/c1-16-30-7-4-22(31-16)35-8-5-17(6-9-35)24-33-32-23-14-36(20-12-34(13-20)15-25(27,28)29)11-18-10-19(26)2-3-21(18)37(23)24/h2-4,7,10,17,20H,5-6,8-9,11-15H2,1H3. The van der Waals surface area contributed by atoms with Crippen molar-refractivity contribution in [3.8, 4) is 5.69 Å². The second kappa shape index (κ2) is 9.52. The number of piperidine rings is 1. The van der Waals surface area contributed by atoms with Crippen molar-refractivity contribution in [1.82, 2.24) is 34.5 Å². The minimum absolute atomic E-state index is 0.0282. The number of benzene rings is 1. The maximum Gasteiger partial charge on any atom is 0.401 e. The van der Waals surface area contributed by atoms with E-state index in [1.807, 2.05) is 31.2 Å². The fraction of sp³-hybridized carbons (Fsp3) is 0.520. The van der Waals surface area contributed by atoms with E-state index in [0.717, 1.165) is 60.5 Å². The number of hydrogen-bond donors (Lipinski definition) is 0. The topological polar surface area (TPSA) is 66.2 Å².